The third kappa shape index (κ3) is 5.87. The van der Waals surface area contributed by atoms with Crippen LogP contribution in [0.3, 0.4) is 0 Å². The number of thiophene rings is 1. The Morgan fingerprint density at radius 3 is 2.64 bits per heavy atom. The number of rotatable bonds is 8. The van der Waals surface area contributed by atoms with Crippen molar-refractivity contribution in [2.75, 3.05) is 12.3 Å². The lowest BCUT2D eigenvalue weighted by Gasteiger charge is -2.14. The van der Waals surface area contributed by atoms with E-state index in [2.05, 4.69) is 10.3 Å². The van der Waals surface area contributed by atoms with E-state index in [1.807, 2.05) is 17.5 Å². The molecule has 0 aliphatic heterocycles. The Balaban J connectivity index is 1.64. The predicted molar refractivity (Wildman–Crippen MR) is 105 cm³/mol. The van der Waals surface area contributed by atoms with Crippen LogP contribution in [0, 0.1) is 0 Å². The first kappa shape index (κ1) is 20.5. The van der Waals surface area contributed by atoms with Crippen molar-refractivity contribution in [1.29, 1.82) is 0 Å². The smallest absolute Gasteiger partial charge is 0.355 e. The highest BCUT2D eigenvalue weighted by molar-refractivity contribution is 7.99. The number of hydrogen-bond donors (Lipinski definition) is 1. The lowest BCUT2D eigenvalue weighted by molar-refractivity contribution is -0.141. The Hall–Kier alpha value is -2.26. The summed E-state index contributed by atoms with van der Waals surface area (Å²) in [6.07, 6.45) is -2.24. The summed E-state index contributed by atoms with van der Waals surface area (Å²) in [6, 6.07) is 12.7. The number of benzene rings is 1. The Morgan fingerprint density at radius 2 is 1.96 bits per heavy atom. The van der Waals surface area contributed by atoms with Crippen LogP contribution < -0.4 is 5.32 Å². The van der Waals surface area contributed by atoms with Gasteiger partial charge >= 0.3 is 6.18 Å². The fraction of sp³-hybridized carbons (Fsp3) is 0.263. The van der Waals surface area contributed by atoms with Gasteiger partial charge in [-0.05, 0) is 23.4 Å². The number of nitrogens with one attached hydrogen (secondary N) is 1. The lowest BCUT2D eigenvalue weighted by atomic mass is 10.2. The van der Waals surface area contributed by atoms with E-state index in [4.69, 9.17) is 0 Å². The van der Waals surface area contributed by atoms with Crippen LogP contribution in [0.15, 0.2) is 59.2 Å². The molecule has 1 N–H and O–H groups in total. The van der Waals surface area contributed by atoms with Crippen LogP contribution in [-0.2, 0) is 17.8 Å². The molecular weight excluding hydrogens is 407 g/mol. The summed E-state index contributed by atoms with van der Waals surface area (Å²) in [5, 5.41) is 4.93. The molecular formula is C19H18F3N3OS2. The Morgan fingerprint density at radius 1 is 1.18 bits per heavy atom. The van der Waals surface area contributed by atoms with Gasteiger partial charge in [0, 0.05) is 11.4 Å². The average Bonchev–Trinajstić information content (AvgIpc) is 3.30. The molecule has 0 bridgehead atoms. The fourth-order valence-electron chi connectivity index (χ4n) is 2.61. The van der Waals surface area contributed by atoms with Crippen LogP contribution in [0.5, 0.6) is 0 Å². The number of nitrogens with zero attached hydrogens (tertiary/aromatic N) is 2. The zero-order valence-electron chi connectivity index (χ0n) is 14.8. The van der Waals surface area contributed by atoms with Crippen molar-refractivity contribution in [2.45, 2.75) is 24.3 Å². The van der Waals surface area contributed by atoms with Crippen molar-refractivity contribution in [1.82, 2.24) is 14.9 Å². The number of aromatic nitrogens is 2. The lowest BCUT2D eigenvalue weighted by Crippen LogP contribution is -2.27. The SMILES string of the molecule is O=C(CSc1ncc(-c2ccccc2)n1CC(F)(F)F)NCCc1cccs1. The largest absolute Gasteiger partial charge is 0.406 e. The van der Waals surface area contributed by atoms with Crippen molar-refractivity contribution in [3.8, 4) is 11.3 Å². The van der Waals surface area contributed by atoms with E-state index in [0.717, 1.165) is 22.7 Å². The highest BCUT2D eigenvalue weighted by atomic mass is 32.2. The van der Waals surface area contributed by atoms with Crippen molar-refractivity contribution >= 4 is 29.0 Å². The molecule has 3 rings (SSSR count). The molecule has 0 saturated carbocycles. The van der Waals surface area contributed by atoms with Crippen molar-refractivity contribution in [3.05, 3.63) is 58.9 Å². The van der Waals surface area contributed by atoms with Gasteiger partial charge in [0.1, 0.15) is 6.54 Å². The number of amides is 1. The van der Waals surface area contributed by atoms with Gasteiger partial charge in [0.05, 0.1) is 17.6 Å². The molecule has 0 aliphatic rings. The van der Waals surface area contributed by atoms with Crippen LogP contribution >= 0.6 is 23.1 Å². The first-order valence-electron chi connectivity index (χ1n) is 8.52. The minimum absolute atomic E-state index is 0.00748. The second kappa shape index (κ2) is 9.29. The van der Waals surface area contributed by atoms with E-state index in [1.165, 1.54) is 11.1 Å². The highest BCUT2D eigenvalue weighted by Gasteiger charge is 2.31. The number of imidazole rings is 1. The molecule has 0 aliphatic carbocycles. The summed E-state index contributed by atoms with van der Waals surface area (Å²) in [5.41, 5.74) is 1.02. The second-order valence-electron chi connectivity index (χ2n) is 5.96. The normalized spacial score (nSPS) is 11.5. The molecule has 0 unspecified atom stereocenters. The van der Waals surface area contributed by atoms with Gasteiger partial charge in [0.25, 0.3) is 0 Å². The van der Waals surface area contributed by atoms with Gasteiger partial charge in [0.15, 0.2) is 5.16 Å². The average molecular weight is 426 g/mol. The molecule has 0 saturated heterocycles. The summed E-state index contributed by atoms with van der Waals surface area (Å²) in [7, 11) is 0. The number of alkyl halides is 3. The van der Waals surface area contributed by atoms with Gasteiger partial charge in [0.2, 0.25) is 5.91 Å². The highest BCUT2D eigenvalue weighted by Crippen LogP contribution is 2.29. The molecule has 148 valence electrons. The summed E-state index contributed by atoms with van der Waals surface area (Å²) in [5.74, 6) is -0.225. The zero-order chi connectivity index (χ0) is 20.0. The van der Waals surface area contributed by atoms with E-state index in [1.54, 1.807) is 41.7 Å². The predicted octanol–water partition coefficient (Wildman–Crippen LogP) is 4.62. The van der Waals surface area contributed by atoms with Gasteiger partial charge in [-0.3, -0.25) is 4.79 Å². The molecule has 2 heterocycles. The van der Waals surface area contributed by atoms with Gasteiger partial charge in [-0.25, -0.2) is 4.98 Å². The molecule has 3 aromatic rings. The molecule has 0 spiro atoms. The molecule has 4 nitrogen and oxygen atoms in total. The van der Waals surface area contributed by atoms with E-state index < -0.39 is 12.7 Å². The molecule has 9 heteroatoms. The summed E-state index contributed by atoms with van der Waals surface area (Å²) < 4.78 is 40.3. The third-order valence-corrected chi connectivity index (χ3v) is 5.76. The molecule has 0 radical (unpaired) electrons. The summed E-state index contributed by atoms with van der Waals surface area (Å²) in [6.45, 7) is -0.661. The Labute approximate surface area is 168 Å². The number of thioether (sulfide) groups is 1. The number of hydrogen-bond acceptors (Lipinski definition) is 4. The number of carbonyl (C=O) groups is 1. The van der Waals surface area contributed by atoms with Gasteiger partial charge < -0.3 is 9.88 Å². The quantitative estimate of drug-likeness (QED) is 0.536. The first-order chi connectivity index (χ1) is 13.4. The monoisotopic (exact) mass is 425 g/mol. The topological polar surface area (TPSA) is 46.9 Å². The van der Waals surface area contributed by atoms with E-state index in [0.29, 0.717) is 17.8 Å². The van der Waals surface area contributed by atoms with Crippen LogP contribution in [0.4, 0.5) is 13.2 Å². The van der Waals surface area contributed by atoms with E-state index in [-0.39, 0.29) is 16.8 Å². The molecule has 0 fully saturated rings. The summed E-state index contributed by atoms with van der Waals surface area (Å²) >= 11 is 2.62. The van der Waals surface area contributed by atoms with Crippen LogP contribution in [0.25, 0.3) is 11.3 Å². The Kier molecular flexibility index (Phi) is 6.79. The maximum Gasteiger partial charge on any atom is 0.406 e. The maximum atomic E-state index is 13.1. The standard InChI is InChI=1S/C19H18F3N3OS2/c20-19(21,22)13-25-16(14-5-2-1-3-6-14)11-24-18(25)28-12-17(26)23-9-8-15-7-4-10-27-15/h1-7,10-11H,8-9,12-13H2,(H,23,26). The second-order valence-corrected chi connectivity index (χ2v) is 7.94. The minimum Gasteiger partial charge on any atom is -0.355 e. The molecule has 1 aromatic carbocycles. The fourth-order valence-corrected chi connectivity index (χ4v) is 4.12. The molecule has 1 amide bonds. The van der Waals surface area contributed by atoms with E-state index in [9.17, 15) is 18.0 Å². The van der Waals surface area contributed by atoms with E-state index >= 15 is 0 Å². The number of carbonyl (C=O) groups excluding carboxylic acids is 1. The molecule has 2 aromatic heterocycles. The Bertz CT molecular complexity index is 893. The van der Waals surface area contributed by atoms with Crippen molar-refractivity contribution in [2.24, 2.45) is 0 Å². The van der Waals surface area contributed by atoms with Crippen LogP contribution in [0.2, 0.25) is 0 Å². The zero-order valence-corrected chi connectivity index (χ0v) is 16.4. The number of halogens is 3. The van der Waals surface area contributed by atoms with Gasteiger partial charge in [-0.2, -0.15) is 13.2 Å². The molecule has 0 atom stereocenters. The van der Waals surface area contributed by atoms with Crippen LogP contribution in [0.1, 0.15) is 4.88 Å². The molecule has 28 heavy (non-hydrogen) atoms. The van der Waals surface area contributed by atoms with Gasteiger partial charge in [-0.1, -0.05) is 48.2 Å². The van der Waals surface area contributed by atoms with Crippen molar-refractivity contribution < 1.29 is 18.0 Å². The van der Waals surface area contributed by atoms with Crippen molar-refractivity contribution in [3.63, 3.8) is 0 Å². The van der Waals surface area contributed by atoms with Crippen LogP contribution in [-0.4, -0.2) is 33.9 Å². The minimum atomic E-state index is -4.39. The maximum absolute atomic E-state index is 13.1. The van der Waals surface area contributed by atoms with Gasteiger partial charge in [-0.15, -0.1) is 11.3 Å². The third-order valence-electron chi connectivity index (χ3n) is 3.83. The first-order valence-corrected chi connectivity index (χ1v) is 10.4. The summed E-state index contributed by atoms with van der Waals surface area (Å²) in [4.78, 5) is 17.3.